The summed E-state index contributed by atoms with van der Waals surface area (Å²) >= 11 is 0. The Morgan fingerprint density at radius 3 is 2.94 bits per heavy atom. The molecule has 1 fully saturated rings. The van der Waals surface area contributed by atoms with Crippen molar-refractivity contribution in [2.45, 2.75) is 31.3 Å². The highest BCUT2D eigenvalue weighted by Gasteiger charge is 2.39. The first kappa shape index (κ1) is 12.4. The van der Waals surface area contributed by atoms with E-state index in [-0.39, 0.29) is 11.7 Å². The number of benzene rings is 1. The van der Waals surface area contributed by atoms with Crippen LogP contribution in [-0.4, -0.2) is 23.8 Å². The number of aliphatic hydroxyl groups is 1. The summed E-state index contributed by atoms with van der Waals surface area (Å²) in [6.45, 7) is 0.812. The number of phenols is 1. The standard InChI is InChI=1S/C14H21NO2/c1-15-10-12-5-2-3-8-14(12,17)11-6-4-7-13(16)9-11/h4,6-7,9,12,15-17H,2-3,5,8,10H2,1H3/t12-,14-/m0/s1. The van der Waals surface area contributed by atoms with Crippen molar-refractivity contribution >= 4 is 0 Å². The van der Waals surface area contributed by atoms with E-state index in [0.29, 0.717) is 0 Å². The molecule has 1 saturated carbocycles. The van der Waals surface area contributed by atoms with Gasteiger partial charge in [0.05, 0.1) is 5.60 Å². The Morgan fingerprint density at radius 2 is 2.24 bits per heavy atom. The van der Waals surface area contributed by atoms with Gasteiger partial charge in [0.25, 0.3) is 0 Å². The second-order valence-electron chi connectivity index (χ2n) is 4.97. The van der Waals surface area contributed by atoms with Crippen LogP contribution < -0.4 is 5.32 Å². The largest absolute Gasteiger partial charge is 0.508 e. The summed E-state index contributed by atoms with van der Waals surface area (Å²) in [5.74, 6) is 0.452. The summed E-state index contributed by atoms with van der Waals surface area (Å²) in [5, 5.41) is 23.6. The molecule has 3 nitrogen and oxygen atoms in total. The van der Waals surface area contributed by atoms with Gasteiger partial charge in [-0.2, -0.15) is 0 Å². The van der Waals surface area contributed by atoms with E-state index in [1.807, 2.05) is 13.1 Å². The van der Waals surface area contributed by atoms with Crippen LogP contribution in [0.4, 0.5) is 0 Å². The summed E-state index contributed by atoms with van der Waals surface area (Å²) in [6, 6.07) is 7.04. The Hall–Kier alpha value is -1.06. The van der Waals surface area contributed by atoms with Crippen molar-refractivity contribution in [2.75, 3.05) is 13.6 Å². The van der Waals surface area contributed by atoms with Gasteiger partial charge in [-0.15, -0.1) is 0 Å². The topological polar surface area (TPSA) is 52.5 Å². The Balaban J connectivity index is 2.30. The summed E-state index contributed by atoms with van der Waals surface area (Å²) in [5.41, 5.74) is 0.0532. The highest BCUT2D eigenvalue weighted by molar-refractivity contribution is 5.32. The monoisotopic (exact) mass is 235 g/mol. The van der Waals surface area contributed by atoms with Gasteiger partial charge in [-0.1, -0.05) is 25.0 Å². The van der Waals surface area contributed by atoms with E-state index in [1.165, 1.54) is 6.42 Å². The van der Waals surface area contributed by atoms with Crippen molar-refractivity contribution in [3.8, 4) is 5.75 Å². The Bertz CT molecular complexity index is 378. The van der Waals surface area contributed by atoms with Gasteiger partial charge in [-0.3, -0.25) is 0 Å². The third-order valence-electron chi connectivity index (χ3n) is 3.83. The number of phenolic OH excluding ortho intramolecular Hbond substituents is 1. The van der Waals surface area contributed by atoms with Crippen LogP contribution in [0, 0.1) is 5.92 Å². The molecule has 17 heavy (non-hydrogen) atoms. The predicted molar refractivity (Wildman–Crippen MR) is 67.9 cm³/mol. The summed E-state index contributed by atoms with van der Waals surface area (Å²) in [6.07, 6.45) is 4.04. The Kier molecular flexibility index (Phi) is 3.69. The lowest BCUT2D eigenvalue weighted by Crippen LogP contribution is -2.42. The van der Waals surface area contributed by atoms with Gasteiger partial charge in [-0.05, 0) is 37.6 Å². The molecule has 0 unspecified atom stereocenters. The van der Waals surface area contributed by atoms with E-state index in [0.717, 1.165) is 31.4 Å². The normalized spacial score (nSPS) is 29.2. The first-order chi connectivity index (χ1) is 8.16. The molecule has 0 saturated heterocycles. The predicted octanol–water partition coefficient (Wildman–Crippen LogP) is 1.99. The maximum atomic E-state index is 10.9. The minimum Gasteiger partial charge on any atom is -0.508 e. The van der Waals surface area contributed by atoms with Gasteiger partial charge in [0.1, 0.15) is 5.75 Å². The van der Waals surface area contributed by atoms with Crippen LogP contribution in [0.3, 0.4) is 0 Å². The van der Waals surface area contributed by atoms with Crippen LogP contribution in [0.25, 0.3) is 0 Å². The van der Waals surface area contributed by atoms with Crippen LogP contribution in [0.5, 0.6) is 5.75 Å². The lowest BCUT2D eigenvalue weighted by Gasteiger charge is -2.40. The van der Waals surface area contributed by atoms with E-state index in [4.69, 9.17) is 0 Å². The zero-order valence-electron chi connectivity index (χ0n) is 10.3. The number of hydrogen-bond acceptors (Lipinski definition) is 3. The molecule has 1 aromatic rings. The van der Waals surface area contributed by atoms with E-state index in [1.54, 1.807) is 18.2 Å². The smallest absolute Gasteiger partial charge is 0.115 e. The molecule has 2 atom stereocenters. The van der Waals surface area contributed by atoms with Gasteiger partial charge in [0.15, 0.2) is 0 Å². The first-order valence-corrected chi connectivity index (χ1v) is 6.33. The maximum Gasteiger partial charge on any atom is 0.115 e. The van der Waals surface area contributed by atoms with E-state index in [9.17, 15) is 10.2 Å². The average molecular weight is 235 g/mol. The van der Waals surface area contributed by atoms with Crippen LogP contribution in [-0.2, 0) is 5.60 Å². The second-order valence-corrected chi connectivity index (χ2v) is 4.97. The fraction of sp³-hybridized carbons (Fsp3) is 0.571. The van der Waals surface area contributed by atoms with Crippen LogP contribution >= 0.6 is 0 Å². The molecule has 94 valence electrons. The molecule has 1 aromatic carbocycles. The number of rotatable bonds is 3. The van der Waals surface area contributed by atoms with Gasteiger partial charge in [0.2, 0.25) is 0 Å². The van der Waals surface area contributed by atoms with Crippen molar-refractivity contribution in [1.82, 2.24) is 5.32 Å². The molecule has 3 heteroatoms. The molecule has 0 spiro atoms. The minimum atomic E-state index is -0.792. The molecule has 1 aliphatic carbocycles. The van der Waals surface area contributed by atoms with Gasteiger partial charge >= 0.3 is 0 Å². The fourth-order valence-corrected chi connectivity index (χ4v) is 2.90. The quantitative estimate of drug-likeness (QED) is 0.751. The third kappa shape index (κ3) is 2.45. The zero-order valence-corrected chi connectivity index (χ0v) is 10.3. The van der Waals surface area contributed by atoms with Crippen LogP contribution in [0.2, 0.25) is 0 Å². The molecular weight excluding hydrogens is 214 g/mol. The van der Waals surface area contributed by atoms with Crippen molar-refractivity contribution in [3.05, 3.63) is 29.8 Å². The van der Waals surface area contributed by atoms with E-state index in [2.05, 4.69) is 5.32 Å². The molecule has 1 aliphatic rings. The lowest BCUT2D eigenvalue weighted by molar-refractivity contribution is -0.0531. The minimum absolute atomic E-state index is 0.225. The number of aromatic hydroxyl groups is 1. The van der Waals surface area contributed by atoms with Crippen molar-refractivity contribution in [3.63, 3.8) is 0 Å². The highest BCUT2D eigenvalue weighted by Crippen LogP contribution is 2.42. The Labute approximate surface area is 102 Å². The van der Waals surface area contributed by atoms with E-state index >= 15 is 0 Å². The van der Waals surface area contributed by atoms with Gasteiger partial charge in [-0.25, -0.2) is 0 Å². The highest BCUT2D eigenvalue weighted by atomic mass is 16.3. The summed E-state index contributed by atoms with van der Waals surface area (Å²) < 4.78 is 0. The molecule has 0 aliphatic heterocycles. The zero-order chi connectivity index (χ0) is 12.3. The molecule has 0 bridgehead atoms. The molecule has 3 N–H and O–H groups in total. The number of nitrogens with one attached hydrogen (secondary N) is 1. The molecule has 0 amide bonds. The van der Waals surface area contributed by atoms with Crippen LogP contribution in [0.1, 0.15) is 31.2 Å². The summed E-state index contributed by atoms with van der Waals surface area (Å²) in [7, 11) is 1.91. The summed E-state index contributed by atoms with van der Waals surface area (Å²) in [4.78, 5) is 0. The molecule has 0 radical (unpaired) electrons. The van der Waals surface area contributed by atoms with E-state index < -0.39 is 5.60 Å². The second kappa shape index (κ2) is 5.07. The Morgan fingerprint density at radius 1 is 1.41 bits per heavy atom. The van der Waals surface area contributed by atoms with Gasteiger partial charge < -0.3 is 15.5 Å². The molecular formula is C14H21NO2. The third-order valence-corrected chi connectivity index (χ3v) is 3.83. The first-order valence-electron chi connectivity index (χ1n) is 6.33. The van der Waals surface area contributed by atoms with Crippen molar-refractivity contribution < 1.29 is 10.2 Å². The van der Waals surface area contributed by atoms with Crippen LogP contribution in [0.15, 0.2) is 24.3 Å². The van der Waals surface area contributed by atoms with Crippen molar-refractivity contribution in [1.29, 1.82) is 0 Å². The van der Waals surface area contributed by atoms with Crippen molar-refractivity contribution in [2.24, 2.45) is 5.92 Å². The maximum absolute atomic E-state index is 10.9. The van der Waals surface area contributed by atoms with Gasteiger partial charge in [0, 0.05) is 12.5 Å². The fourth-order valence-electron chi connectivity index (χ4n) is 2.90. The average Bonchev–Trinajstić information content (AvgIpc) is 2.32. The molecule has 2 rings (SSSR count). The molecule has 0 heterocycles. The SMILES string of the molecule is CNC[C@@H]1CCCC[C@]1(O)c1cccc(O)c1. The molecule has 0 aromatic heterocycles. The lowest BCUT2D eigenvalue weighted by atomic mass is 9.71. The number of hydrogen-bond donors (Lipinski definition) is 3.